The molecular weight excluding hydrogens is 262 g/mol. The van der Waals surface area contributed by atoms with Crippen molar-refractivity contribution in [3.63, 3.8) is 0 Å². The summed E-state index contributed by atoms with van der Waals surface area (Å²) in [5, 5.41) is 3.49. The summed E-state index contributed by atoms with van der Waals surface area (Å²) in [6.07, 6.45) is 9.45. The molecule has 1 saturated carbocycles. The normalized spacial score (nSPS) is 33.0. The molecule has 2 atom stereocenters. The summed E-state index contributed by atoms with van der Waals surface area (Å²) in [5.74, 6) is 0.380. The largest absolute Gasteiger partial charge is 0.337 e. The highest BCUT2D eigenvalue weighted by atomic mass is 16.2. The molecule has 0 bridgehead atoms. The van der Waals surface area contributed by atoms with Crippen LogP contribution in [0.3, 0.4) is 0 Å². The van der Waals surface area contributed by atoms with Gasteiger partial charge in [0.1, 0.15) is 0 Å². The number of amides is 1. The quantitative estimate of drug-likeness (QED) is 0.864. The molecule has 4 nitrogen and oxygen atoms in total. The third-order valence-corrected chi connectivity index (χ3v) is 6.09. The van der Waals surface area contributed by atoms with Crippen molar-refractivity contribution in [3.05, 3.63) is 0 Å². The van der Waals surface area contributed by atoms with Gasteiger partial charge in [0.2, 0.25) is 5.91 Å². The Labute approximate surface area is 129 Å². The standard InChI is InChI=1S/C17H31N3O/c1-14-12-19-10-6-7-15(19)13-20(14)16(21)11-17(18-2)8-4-3-5-9-17/h14-15,18H,3-13H2,1-2H3. The maximum absolute atomic E-state index is 12.9. The molecule has 1 N–H and O–H groups in total. The fourth-order valence-electron chi connectivity index (χ4n) is 4.67. The van der Waals surface area contributed by atoms with Crippen LogP contribution < -0.4 is 5.32 Å². The van der Waals surface area contributed by atoms with Crippen LogP contribution in [0, 0.1) is 0 Å². The summed E-state index contributed by atoms with van der Waals surface area (Å²) >= 11 is 0. The Morgan fingerprint density at radius 1 is 1.19 bits per heavy atom. The molecule has 4 heteroatoms. The Hall–Kier alpha value is -0.610. The predicted molar refractivity (Wildman–Crippen MR) is 85.3 cm³/mol. The number of fused-ring (bicyclic) bond motifs is 1. The lowest BCUT2D eigenvalue weighted by Gasteiger charge is -2.44. The summed E-state index contributed by atoms with van der Waals surface area (Å²) in [7, 11) is 2.04. The van der Waals surface area contributed by atoms with E-state index >= 15 is 0 Å². The van der Waals surface area contributed by atoms with Gasteiger partial charge in [-0.3, -0.25) is 9.69 Å². The molecule has 0 radical (unpaired) electrons. The molecule has 1 amide bonds. The smallest absolute Gasteiger partial charge is 0.224 e. The van der Waals surface area contributed by atoms with E-state index in [4.69, 9.17) is 0 Å². The van der Waals surface area contributed by atoms with Crippen molar-refractivity contribution >= 4 is 5.91 Å². The molecule has 3 fully saturated rings. The average Bonchev–Trinajstić information content (AvgIpc) is 2.94. The topological polar surface area (TPSA) is 35.6 Å². The van der Waals surface area contributed by atoms with E-state index in [-0.39, 0.29) is 5.54 Å². The van der Waals surface area contributed by atoms with E-state index in [0.717, 1.165) is 25.9 Å². The van der Waals surface area contributed by atoms with Crippen molar-refractivity contribution in [1.29, 1.82) is 0 Å². The van der Waals surface area contributed by atoms with Crippen LogP contribution in [0.25, 0.3) is 0 Å². The van der Waals surface area contributed by atoms with Crippen molar-refractivity contribution in [2.24, 2.45) is 0 Å². The van der Waals surface area contributed by atoms with Crippen LogP contribution in [0.4, 0.5) is 0 Å². The van der Waals surface area contributed by atoms with Crippen LogP contribution in [0.5, 0.6) is 0 Å². The molecule has 3 aliphatic rings. The van der Waals surface area contributed by atoms with Gasteiger partial charge in [0.25, 0.3) is 0 Å². The Balaban J connectivity index is 1.63. The number of hydrogen-bond acceptors (Lipinski definition) is 3. The monoisotopic (exact) mass is 293 g/mol. The van der Waals surface area contributed by atoms with Gasteiger partial charge in [-0.15, -0.1) is 0 Å². The zero-order valence-electron chi connectivity index (χ0n) is 13.7. The maximum Gasteiger partial charge on any atom is 0.224 e. The third kappa shape index (κ3) is 3.11. The lowest BCUT2D eigenvalue weighted by molar-refractivity contribution is -0.138. The highest BCUT2D eigenvalue weighted by Gasteiger charge is 2.39. The van der Waals surface area contributed by atoms with E-state index in [2.05, 4.69) is 22.0 Å². The lowest BCUT2D eigenvalue weighted by atomic mass is 9.79. The molecule has 3 rings (SSSR count). The summed E-state index contributed by atoms with van der Waals surface area (Å²) in [5.41, 5.74) is 0.0713. The minimum Gasteiger partial charge on any atom is -0.337 e. The fraction of sp³-hybridized carbons (Fsp3) is 0.941. The second kappa shape index (κ2) is 6.25. The second-order valence-electron chi connectivity index (χ2n) is 7.45. The number of nitrogens with zero attached hydrogens (tertiary/aromatic N) is 2. The van der Waals surface area contributed by atoms with Gasteiger partial charge in [-0.05, 0) is 46.2 Å². The molecule has 0 aromatic heterocycles. The van der Waals surface area contributed by atoms with Crippen LogP contribution >= 0.6 is 0 Å². The Morgan fingerprint density at radius 2 is 1.95 bits per heavy atom. The average molecular weight is 293 g/mol. The third-order valence-electron chi connectivity index (χ3n) is 6.09. The van der Waals surface area contributed by atoms with E-state index in [0.29, 0.717) is 24.4 Å². The van der Waals surface area contributed by atoms with Gasteiger partial charge >= 0.3 is 0 Å². The van der Waals surface area contributed by atoms with Gasteiger partial charge in [0.05, 0.1) is 0 Å². The predicted octanol–water partition coefficient (Wildman–Crippen LogP) is 1.99. The van der Waals surface area contributed by atoms with Crippen LogP contribution in [0.1, 0.15) is 58.3 Å². The van der Waals surface area contributed by atoms with Crippen molar-refractivity contribution in [2.75, 3.05) is 26.7 Å². The molecule has 0 aromatic carbocycles. The first-order valence-electron chi connectivity index (χ1n) is 8.86. The molecule has 2 saturated heterocycles. The summed E-state index contributed by atoms with van der Waals surface area (Å²) in [6.45, 7) is 5.49. The molecule has 2 aliphatic heterocycles. The number of rotatable bonds is 3. The molecule has 2 heterocycles. The number of nitrogens with one attached hydrogen (secondary N) is 1. The maximum atomic E-state index is 12.9. The van der Waals surface area contributed by atoms with E-state index < -0.39 is 0 Å². The van der Waals surface area contributed by atoms with Gasteiger partial charge in [-0.25, -0.2) is 0 Å². The first-order valence-corrected chi connectivity index (χ1v) is 8.86. The van der Waals surface area contributed by atoms with Crippen molar-refractivity contribution in [1.82, 2.24) is 15.1 Å². The van der Waals surface area contributed by atoms with Crippen LogP contribution in [-0.4, -0.2) is 60.0 Å². The first kappa shape index (κ1) is 15.3. The Morgan fingerprint density at radius 3 is 2.67 bits per heavy atom. The highest BCUT2D eigenvalue weighted by molar-refractivity contribution is 5.78. The fourth-order valence-corrected chi connectivity index (χ4v) is 4.67. The second-order valence-corrected chi connectivity index (χ2v) is 7.45. The molecule has 21 heavy (non-hydrogen) atoms. The minimum absolute atomic E-state index is 0.0713. The summed E-state index contributed by atoms with van der Waals surface area (Å²) in [4.78, 5) is 17.7. The zero-order valence-corrected chi connectivity index (χ0v) is 13.7. The number of carbonyl (C=O) groups is 1. The van der Waals surface area contributed by atoms with E-state index in [1.54, 1.807) is 0 Å². The summed E-state index contributed by atoms with van der Waals surface area (Å²) in [6, 6.07) is 1.01. The van der Waals surface area contributed by atoms with Gasteiger partial charge in [-0.2, -0.15) is 0 Å². The Kier molecular flexibility index (Phi) is 4.55. The first-order chi connectivity index (χ1) is 10.1. The number of hydrogen-bond donors (Lipinski definition) is 1. The van der Waals surface area contributed by atoms with E-state index in [1.807, 2.05) is 7.05 Å². The van der Waals surface area contributed by atoms with Crippen LogP contribution in [-0.2, 0) is 4.79 Å². The van der Waals surface area contributed by atoms with Crippen LogP contribution in [0.15, 0.2) is 0 Å². The molecular formula is C17H31N3O. The number of carbonyl (C=O) groups excluding carboxylic acids is 1. The minimum atomic E-state index is 0.0713. The van der Waals surface area contributed by atoms with Crippen molar-refractivity contribution in [3.8, 4) is 0 Å². The van der Waals surface area contributed by atoms with Gasteiger partial charge in [-0.1, -0.05) is 19.3 Å². The molecule has 120 valence electrons. The van der Waals surface area contributed by atoms with E-state index in [1.165, 1.54) is 38.6 Å². The van der Waals surface area contributed by atoms with E-state index in [9.17, 15) is 4.79 Å². The van der Waals surface area contributed by atoms with Gasteiger partial charge in [0, 0.05) is 37.1 Å². The summed E-state index contributed by atoms with van der Waals surface area (Å²) < 4.78 is 0. The lowest BCUT2D eigenvalue weighted by Crippen LogP contribution is -2.58. The zero-order chi connectivity index (χ0) is 14.9. The molecule has 0 aromatic rings. The van der Waals surface area contributed by atoms with Gasteiger partial charge in [0.15, 0.2) is 0 Å². The number of piperazine rings is 1. The van der Waals surface area contributed by atoms with Crippen molar-refractivity contribution < 1.29 is 4.79 Å². The molecule has 1 aliphatic carbocycles. The Bertz CT molecular complexity index is 378. The molecule has 2 unspecified atom stereocenters. The SMILES string of the molecule is CNC1(CC(=O)N2CC3CCCN3CC2C)CCCCC1. The highest BCUT2D eigenvalue weighted by Crippen LogP contribution is 2.32. The molecule has 0 spiro atoms. The van der Waals surface area contributed by atoms with Crippen molar-refractivity contribution in [2.45, 2.75) is 75.9 Å². The van der Waals surface area contributed by atoms with Crippen LogP contribution in [0.2, 0.25) is 0 Å². The van der Waals surface area contributed by atoms with Gasteiger partial charge < -0.3 is 10.2 Å².